The Morgan fingerprint density at radius 3 is 2.77 bits per heavy atom. The Balaban J connectivity index is 1.85. The predicted molar refractivity (Wildman–Crippen MR) is 131 cm³/mol. The average molecular weight is 528 g/mol. The highest BCUT2D eigenvalue weighted by atomic mass is 127. The zero-order valence-corrected chi connectivity index (χ0v) is 20.4. The van der Waals surface area contributed by atoms with Crippen LogP contribution in [0.2, 0.25) is 0 Å². The maximum Gasteiger partial charge on any atom is 0.308 e. The fourth-order valence-corrected chi connectivity index (χ4v) is 4.07. The number of halogens is 1. The molecule has 3 aromatic rings. The fraction of sp³-hybridized carbons (Fsp3) is 0.375. The summed E-state index contributed by atoms with van der Waals surface area (Å²) in [6.45, 7) is 4.50. The Kier molecular flexibility index (Phi) is 6.30. The quantitative estimate of drug-likeness (QED) is 0.272. The third-order valence-electron chi connectivity index (χ3n) is 5.58. The number of ether oxygens (including phenoxy) is 1. The summed E-state index contributed by atoms with van der Waals surface area (Å²) in [4.78, 5) is 24.3. The van der Waals surface area contributed by atoms with Gasteiger partial charge in [0.05, 0.1) is 17.8 Å². The Morgan fingerprint density at radius 2 is 2.06 bits per heavy atom. The molecule has 2 heterocycles. The number of pyridine rings is 1. The van der Waals surface area contributed by atoms with E-state index in [2.05, 4.69) is 58.5 Å². The first-order chi connectivity index (χ1) is 14.9. The van der Waals surface area contributed by atoms with Crippen molar-refractivity contribution in [3.8, 4) is 11.8 Å². The van der Waals surface area contributed by atoms with Gasteiger partial charge in [0.25, 0.3) is 0 Å². The van der Waals surface area contributed by atoms with Gasteiger partial charge in [0.15, 0.2) is 5.65 Å². The van der Waals surface area contributed by atoms with Crippen LogP contribution in [-0.2, 0) is 16.6 Å². The number of hydrogen-bond donors (Lipinski definition) is 0. The van der Waals surface area contributed by atoms with E-state index < -0.39 is 0 Å². The minimum Gasteiger partial charge on any atom is -0.384 e. The van der Waals surface area contributed by atoms with Crippen LogP contribution in [0.5, 0.6) is 0 Å². The van der Waals surface area contributed by atoms with Crippen LogP contribution in [0.1, 0.15) is 42.1 Å². The number of carbonyl (C=O) groups excluding carboxylic acids is 1. The van der Waals surface area contributed by atoms with E-state index in [1.165, 1.54) is 9.13 Å². The number of amides is 1. The lowest BCUT2D eigenvalue weighted by molar-refractivity contribution is -0.112. The van der Waals surface area contributed by atoms with Crippen molar-refractivity contribution in [2.45, 2.75) is 39.0 Å². The molecule has 0 atom stereocenters. The SMILES string of the molecule is COCCC#CC(=O)N(c1ccc2c(n1)nc(C)n2C)c1cc(C)c(I)cc1C1CC1. The Labute approximate surface area is 196 Å². The number of hydrogen-bond acceptors (Lipinski definition) is 4. The third-order valence-corrected chi connectivity index (χ3v) is 6.74. The van der Waals surface area contributed by atoms with E-state index in [4.69, 9.17) is 9.72 Å². The van der Waals surface area contributed by atoms with Gasteiger partial charge in [-0.15, -0.1) is 0 Å². The van der Waals surface area contributed by atoms with E-state index in [9.17, 15) is 4.79 Å². The van der Waals surface area contributed by atoms with Crippen molar-refractivity contribution in [1.82, 2.24) is 14.5 Å². The van der Waals surface area contributed by atoms with E-state index in [0.717, 1.165) is 35.4 Å². The van der Waals surface area contributed by atoms with Crippen LogP contribution in [0.4, 0.5) is 11.5 Å². The van der Waals surface area contributed by atoms with Crippen molar-refractivity contribution < 1.29 is 9.53 Å². The van der Waals surface area contributed by atoms with Crippen molar-refractivity contribution in [2.75, 3.05) is 18.6 Å². The summed E-state index contributed by atoms with van der Waals surface area (Å²) in [6.07, 6.45) is 2.78. The Morgan fingerprint density at radius 1 is 1.29 bits per heavy atom. The van der Waals surface area contributed by atoms with Crippen LogP contribution in [-0.4, -0.2) is 34.2 Å². The Hall–Kier alpha value is -2.44. The molecule has 6 nitrogen and oxygen atoms in total. The van der Waals surface area contributed by atoms with Crippen LogP contribution in [0, 0.1) is 29.3 Å². The van der Waals surface area contributed by atoms with Crippen LogP contribution < -0.4 is 4.90 Å². The molecule has 4 rings (SSSR count). The summed E-state index contributed by atoms with van der Waals surface area (Å²) in [6, 6.07) is 8.12. The normalized spacial score (nSPS) is 13.2. The van der Waals surface area contributed by atoms with Crippen LogP contribution >= 0.6 is 22.6 Å². The molecule has 1 aliphatic carbocycles. The summed E-state index contributed by atoms with van der Waals surface area (Å²) < 4.78 is 8.24. The van der Waals surface area contributed by atoms with E-state index in [1.807, 2.05) is 30.7 Å². The van der Waals surface area contributed by atoms with Crippen LogP contribution in [0.15, 0.2) is 24.3 Å². The number of fused-ring (bicyclic) bond motifs is 1. The zero-order valence-electron chi connectivity index (χ0n) is 18.2. The second kappa shape index (κ2) is 8.97. The van der Waals surface area contributed by atoms with E-state index in [0.29, 0.717) is 30.4 Å². The van der Waals surface area contributed by atoms with Crippen molar-refractivity contribution in [3.63, 3.8) is 0 Å². The third kappa shape index (κ3) is 4.46. The van der Waals surface area contributed by atoms with Gasteiger partial charge in [-0.3, -0.25) is 9.69 Å². The van der Waals surface area contributed by atoms with Crippen LogP contribution in [0.3, 0.4) is 0 Å². The van der Waals surface area contributed by atoms with Crippen molar-refractivity contribution in [2.24, 2.45) is 7.05 Å². The number of methoxy groups -OCH3 is 1. The van der Waals surface area contributed by atoms with Crippen molar-refractivity contribution in [1.29, 1.82) is 0 Å². The molecule has 0 spiro atoms. The molecule has 1 saturated carbocycles. The lowest BCUT2D eigenvalue weighted by Gasteiger charge is -2.23. The molecule has 0 unspecified atom stereocenters. The lowest BCUT2D eigenvalue weighted by atomic mass is 10.0. The first-order valence-electron chi connectivity index (χ1n) is 10.3. The molecule has 1 amide bonds. The molecule has 160 valence electrons. The molecule has 1 aromatic carbocycles. The lowest BCUT2D eigenvalue weighted by Crippen LogP contribution is -2.26. The van der Waals surface area contributed by atoms with Gasteiger partial charge in [-0.25, -0.2) is 9.97 Å². The summed E-state index contributed by atoms with van der Waals surface area (Å²) in [5.41, 5.74) is 4.73. The molecule has 0 bridgehead atoms. The number of imidazole rings is 1. The molecule has 2 aromatic heterocycles. The molecule has 0 radical (unpaired) electrons. The summed E-state index contributed by atoms with van der Waals surface area (Å²) in [5, 5.41) is 0. The van der Waals surface area contributed by atoms with Gasteiger partial charge in [-0.2, -0.15) is 0 Å². The summed E-state index contributed by atoms with van der Waals surface area (Å²) >= 11 is 2.36. The molecule has 0 aliphatic heterocycles. The fourth-order valence-electron chi connectivity index (χ4n) is 3.58. The molecule has 0 saturated heterocycles. The number of aromatic nitrogens is 3. The van der Waals surface area contributed by atoms with Gasteiger partial charge in [0.1, 0.15) is 11.6 Å². The molecule has 1 fully saturated rings. The van der Waals surface area contributed by atoms with Crippen LogP contribution in [0.25, 0.3) is 11.2 Å². The number of anilines is 2. The van der Waals surface area contributed by atoms with Gasteiger partial charge in [0, 0.05) is 24.1 Å². The zero-order chi connectivity index (χ0) is 22.1. The van der Waals surface area contributed by atoms with Gasteiger partial charge < -0.3 is 9.30 Å². The molecule has 1 aliphatic rings. The van der Waals surface area contributed by atoms with E-state index in [-0.39, 0.29) is 5.91 Å². The maximum absolute atomic E-state index is 13.4. The molecule has 7 heteroatoms. The topological polar surface area (TPSA) is 60.2 Å². The number of aryl methyl sites for hydroxylation is 3. The van der Waals surface area contributed by atoms with E-state index in [1.54, 1.807) is 12.0 Å². The minimum absolute atomic E-state index is 0.293. The number of rotatable bonds is 5. The number of benzene rings is 1. The number of nitrogens with zero attached hydrogens (tertiary/aromatic N) is 4. The maximum atomic E-state index is 13.4. The average Bonchev–Trinajstić information content (AvgIpc) is 3.54. The molecular weight excluding hydrogens is 503 g/mol. The minimum atomic E-state index is -0.293. The monoisotopic (exact) mass is 528 g/mol. The highest BCUT2D eigenvalue weighted by Gasteiger charge is 2.31. The first kappa shape index (κ1) is 21.8. The van der Waals surface area contributed by atoms with Gasteiger partial charge in [-0.05, 0) is 96.5 Å². The summed E-state index contributed by atoms with van der Waals surface area (Å²) in [5.74, 6) is 7.32. The highest BCUT2D eigenvalue weighted by Crippen LogP contribution is 2.46. The van der Waals surface area contributed by atoms with Crippen molar-refractivity contribution >= 4 is 51.2 Å². The second-order valence-corrected chi connectivity index (χ2v) is 9.01. The molecular formula is C24H25IN4O2. The smallest absolute Gasteiger partial charge is 0.308 e. The predicted octanol–water partition coefficient (Wildman–Crippen LogP) is 4.77. The van der Waals surface area contributed by atoms with Gasteiger partial charge in [-0.1, -0.05) is 5.92 Å². The van der Waals surface area contributed by atoms with Crippen molar-refractivity contribution in [3.05, 3.63) is 44.8 Å². The van der Waals surface area contributed by atoms with E-state index >= 15 is 0 Å². The second-order valence-electron chi connectivity index (χ2n) is 7.85. The first-order valence-corrected chi connectivity index (χ1v) is 11.4. The highest BCUT2D eigenvalue weighted by molar-refractivity contribution is 14.1. The van der Waals surface area contributed by atoms with Gasteiger partial charge in [0.2, 0.25) is 0 Å². The number of carbonyl (C=O) groups is 1. The largest absolute Gasteiger partial charge is 0.384 e. The van der Waals surface area contributed by atoms with Gasteiger partial charge >= 0.3 is 5.91 Å². The molecule has 0 N–H and O–H groups in total. The summed E-state index contributed by atoms with van der Waals surface area (Å²) in [7, 11) is 3.59. The Bertz CT molecular complexity index is 1220. The standard InChI is InChI=1S/C24H25IN4O2/c1-15-13-21(18(14-19(15)25)17-8-9-17)29(23(30)7-5-6-12-31-4)22-11-10-20-24(27-22)26-16(2)28(20)3/h10-11,13-14,17H,6,8-9,12H2,1-4H3. The molecule has 31 heavy (non-hydrogen) atoms.